The number of fused-ring (bicyclic) bond motifs is 1. The number of nitrogens with zero attached hydrogens (tertiary/aromatic N) is 2. The van der Waals surface area contributed by atoms with Gasteiger partial charge in [-0.3, -0.25) is 10.1 Å². The molecule has 0 radical (unpaired) electrons. The molecule has 1 atom stereocenters. The van der Waals surface area contributed by atoms with E-state index >= 15 is 0 Å². The molecule has 1 aliphatic rings. The van der Waals surface area contributed by atoms with Crippen molar-refractivity contribution in [3.8, 4) is 10.8 Å². The molecule has 1 unspecified atom stereocenters. The molecule has 0 aromatic carbocycles. The molecule has 1 aliphatic carbocycles. The van der Waals surface area contributed by atoms with Gasteiger partial charge in [0, 0.05) is 11.4 Å². The maximum Gasteiger partial charge on any atom is 0.321 e. The molecule has 0 spiro atoms. The molecule has 2 heterocycles. The van der Waals surface area contributed by atoms with Gasteiger partial charge in [0.05, 0.1) is 10.6 Å². The molecule has 0 saturated heterocycles. The van der Waals surface area contributed by atoms with E-state index < -0.39 is 11.9 Å². The van der Waals surface area contributed by atoms with Gasteiger partial charge in [0.2, 0.25) is 5.91 Å². The highest BCUT2D eigenvalue weighted by Gasteiger charge is 2.21. The van der Waals surface area contributed by atoms with E-state index in [2.05, 4.69) is 47.7 Å². The van der Waals surface area contributed by atoms with E-state index in [1.54, 1.807) is 11.3 Å². The zero-order chi connectivity index (χ0) is 20.1. The van der Waals surface area contributed by atoms with Crippen LogP contribution in [0.25, 0.3) is 10.8 Å². The molecular weight excluding hydrogens is 396 g/mol. The Labute approximate surface area is 173 Å². The molecule has 2 aromatic rings. The number of amides is 3. The lowest BCUT2D eigenvalue weighted by Crippen LogP contribution is -2.40. The van der Waals surface area contributed by atoms with Gasteiger partial charge >= 0.3 is 6.03 Å². The summed E-state index contributed by atoms with van der Waals surface area (Å²) in [5.41, 5.74) is 1.38. The van der Waals surface area contributed by atoms with Crippen LogP contribution in [-0.2, 0) is 17.6 Å². The van der Waals surface area contributed by atoms with E-state index in [4.69, 9.17) is 4.42 Å². The third kappa shape index (κ3) is 5.81. The quantitative estimate of drug-likeness (QED) is 0.657. The van der Waals surface area contributed by atoms with Crippen molar-refractivity contribution in [2.24, 2.45) is 11.8 Å². The molecular formula is C19H26N4O3S2. The third-order valence-corrected chi connectivity index (χ3v) is 6.58. The Bertz CT molecular complexity index is 831. The summed E-state index contributed by atoms with van der Waals surface area (Å²) < 4.78 is 5.69. The molecule has 2 aromatic heterocycles. The van der Waals surface area contributed by atoms with Crippen molar-refractivity contribution >= 4 is 35.0 Å². The van der Waals surface area contributed by atoms with Crippen molar-refractivity contribution in [1.82, 2.24) is 20.8 Å². The fraction of sp³-hybridized carbons (Fsp3) is 0.579. The Hall–Kier alpha value is -1.87. The lowest BCUT2D eigenvalue weighted by Gasteiger charge is -2.16. The first-order chi connectivity index (χ1) is 13.4. The largest absolute Gasteiger partial charge is 0.410 e. The van der Waals surface area contributed by atoms with Crippen LogP contribution in [0.5, 0.6) is 0 Å². The van der Waals surface area contributed by atoms with Gasteiger partial charge in [-0.25, -0.2) is 4.79 Å². The first-order valence-electron chi connectivity index (χ1n) is 9.56. The number of aryl methyl sites for hydroxylation is 1. The summed E-state index contributed by atoms with van der Waals surface area (Å²) in [6.45, 7) is 6.97. The zero-order valence-corrected chi connectivity index (χ0v) is 18.0. The zero-order valence-electron chi connectivity index (χ0n) is 16.4. The normalized spacial score (nSPS) is 16.1. The van der Waals surface area contributed by atoms with E-state index in [0.29, 0.717) is 29.5 Å². The second-order valence-corrected chi connectivity index (χ2v) is 9.62. The fourth-order valence-electron chi connectivity index (χ4n) is 2.99. The van der Waals surface area contributed by atoms with E-state index in [-0.39, 0.29) is 5.75 Å². The molecule has 7 nitrogen and oxygen atoms in total. The molecule has 0 fully saturated rings. The van der Waals surface area contributed by atoms with Gasteiger partial charge in [-0.05, 0) is 49.1 Å². The Balaban J connectivity index is 1.47. The lowest BCUT2D eigenvalue weighted by atomic mass is 9.90. The number of rotatable bonds is 7. The summed E-state index contributed by atoms with van der Waals surface area (Å²) in [6, 6.07) is 1.67. The highest BCUT2D eigenvalue weighted by molar-refractivity contribution is 7.99. The summed E-state index contributed by atoms with van der Waals surface area (Å²) in [7, 11) is 0. The molecule has 3 rings (SSSR count). The van der Waals surface area contributed by atoms with E-state index in [9.17, 15) is 9.59 Å². The standard InChI is InChI=1S/C19H26N4O3S2/c1-11(2)6-7-20-18(25)21-16(24)10-27-19-23-22-17(26-19)15-9-13-8-12(3)4-5-14(13)28-15/h9,11-12H,4-8,10H2,1-3H3,(H2,20,21,24,25). The number of thiophene rings is 1. The summed E-state index contributed by atoms with van der Waals surface area (Å²) in [6.07, 6.45) is 4.29. The van der Waals surface area contributed by atoms with E-state index in [1.165, 1.54) is 16.9 Å². The molecule has 0 saturated carbocycles. The van der Waals surface area contributed by atoms with E-state index in [1.807, 2.05) is 0 Å². The molecule has 152 valence electrons. The monoisotopic (exact) mass is 422 g/mol. The van der Waals surface area contributed by atoms with Crippen LogP contribution < -0.4 is 10.6 Å². The van der Waals surface area contributed by atoms with Crippen LogP contribution in [0.1, 0.15) is 44.1 Å². The van der Waals surface area contributed by atoms with Gasteiger partial charge in [-0.2, -0.15) is 0 Å². The second kappa shape index (κ2) is 9.56. The number of hydrogen-bond acceptors (Lipinski definition) is 7. The fourth-order valence-corrected chi connectivity index (χ4v) is 4.68. The predicted molar refractivity (Wildman–Crippen MR) is 111 cm³/mol. The SMILES string of the molecule is CC(C)CCNC(=O)NC(=O)CSc1nnc(-c2cc3c(s2)CCC(C)C3)o1. The Morgan fingerprint density at radius 2 is 2.21 bits per heavy atom. The first-order valence-corrected chi connectivity index (χ1v) is 11.4. The van der Waals surface area contributed by atoms with Crippen molar-refractivity contribution in [3.05, 3.63) is 16.5 Å². The topological polar surface area (TPSA) is 97.1 Å². The summed E-state index contributed by atoms with van der Waals surface area (Å²) >= 11 is 2.83. The maximum atomic E-state index is 11.9. The number of thioether (sulfide) groups is 1. The molecule has 2 N–H and O–H groups in total. The molecule has 9 heteroatoms. The number of urea groups is 1. The van der Waals surface area contributed by atoms with Crippen LogP contribution in [0, 0.1) is 11.8 Å². The van der Waals surface area contributed by atoms with Gasteiger partial charge < -0.3 is 9.73 Å². The summed E-state index contributed by atoms with van der Waals surface area (Å²) in [4.78, 5) is 25.9. The molecule has 0 bridgehead atoms. The minimum atomic E-state index is -0.476. The smallest absolute Gasteiger partial charge is 0.321 e. The van der Waals surface area contributed by atoms with Crippen LogP contribution in [0.2, 0.25) is 0 Å². The van der Waals surface area contributed by atoms with Crippen LogP contribution in [0.4, 0.5) is 4.79 Å². The highest BCUT2D eigenvalue weighted by Crippen LogP contribution is 2.37. The number of nitrogens with one attached hydrogen (secondary N) is 2. The first kappa shape index (κ1) is 20.9. The number of aromatic nitrogens is 2. The minimum Gasteiger partial charge on any atom is -0.410 e. The summed E-state index contributed by atoms with van der Waals surface area (Å²) in [5, 5.41) is 13.4. The number of carbonyl (C=O) groups is 2. The van der Waals surface area contributed by atoms with Gasteiger partial charge in [0.25, 0.3) is 11.1 Å². The number of carbonyl (C=O) groups excluding carboxylic acids is 2. The van der Waals surface area contributed by atoms with Crippen LogP contribution >= 0.6 is 23.1 Å². The third-order valence-electron chi connectivity index (χ3n) is 4.53. The Morgan fingerprint density at radius 1 is 1.39 bits per heavy atom. The average Bonchev–Trinajstić information content (AvgIpc) is 3.25. The van der Waals surface area contributed by atoms with Gasteiger partial charge in [0.1, 0.15) is 0 Å². The predicted octanol–water partition coefficient (Wildman–Crippen LogP) is 3.89. The lowest BCUT2D eigenvalue weighted by molar-refractivity contribution is -0.117. The highest BCUT2D eigenvalue weighted by atomic mass is 32.2. The van der Waals surface area contributed by atoms with Gasteiger partial charge in [-0.15, -0.1) is 21.5 Å². The Morgan fingerprint density at radius 3 is 3.00 bits per heavy atom. The van der Waals surface area contributed by atoms with Crippen LogP contribution in [-0.4, -0.2) is 34.4 Å². The molecule has 28 heavy (non-hydrogen) atoms. The van der Waals surface area contributed by atoms with Crippen LogP contribution in [0.15, 0.2) is 15.7 Å². The van der Waals surface area contributed by atoms with Crippen molar-refractivity contribution in [2.45, 2.75) is 51.7 Å². The number of imide groups is 1. The van der Waals surface area contributed by atoms with Crippen molar-refractivity contribution < 1.29 is 14.0 Å². The van der Waals surface area contributed by atoms with E-state index in [0.717, 1.165) is 35.9 Å². The van der Waals surface area contributed by atoms with Gasteiger partial charge in [-0.1, -0.05) is 32.5 Å². The molecule has 0 aliphatic heterocycles. The summed E-state index contributed by atoms with van der Waals surface area (Å²) in [5.74, 6) is 1.34. The maximum absolute atomic E-state index is 11.9. The average molecular weight is 423 g/mol. The molecule has 3 amide bonds. The van der Waals surface area contributed by atoms with Gasteiger partial charge in [0.15, 0.2) is 0 Å². The number of hydrogen-bond donors (Lipinski definition) is 2. The van der Waals surface area contributed by atoms with Crippen molar-refractivity contribution in [2.75, 3.05) is 12.3 Å². The van der Waals surface area contributed by atoms with Crippen molar-refractivity contribution in [1.29, 1.82) is 0 Å². The van der Waals surface area contributed by atoms with Crippen LogP contribution in [0.3, 0.4) is 0 Å². The minimum absolute atomic E-state index is 0.0394. The van der Waals surface area contributed by atoms with Crippen molar-refractivity contribution in [3.63, 3.8) is 0 Å². The Kier molecular flexibility index (Phi) is 7.12. The second-order valence-electron chi connectivity index (χ2n) is 7.56.